The van der Waals surface area contributed by atoms with Crippen molar-refractivity contribution in [3.05, 3.63) is 67.3 Å². The lowest BCUT2D eigenvalue weighted by atomic mass is 10.2. The van der Waals surface area contributed by atoms with Crippen molar-refractivity contribution in [3.8, 4) is 22.8 Å². The van der Waals surface area contributed by atoms with Crippen LogP contribution in [0.4, 0.5) is 0 Å². The van der Waals surface area contributed by atoms with E-state index in [9.17, 15) is 0 Å². The van der Waals surface area contributed by atoms with E-state index >= 15 is 0 Å². The predicted octanol–water partition coefficient (Wildman–Crippen LogP) is 4.22. The number of aromatic nitrogens is 3. The topological polar surface area (TPSA) is 39.9 Å². The Morgan fingerprint density at radius 2 is 1.96 bits per heavy atom. The van der Waals surface area contributed by atoms with Crippen LogP contribution >= 0.6 is 11.8 Å². The molecular weight excluding hydrogens is 306 g/mol. The quantitative estimate of drug-likeness (QED) is 0.503. The molecule has 0 bridgehead atoms. The lowest BCUT2D eigenvalue weighted by molar-refractivity contribution is 0.415. The summed E-state index contributed by atoms with van der Waals surface area (Å²) in [5, 5.41) is 9.58. The van der Waals surface area contributed by atoms with Crippen molar-refractivity contribution in [1.82, 2.24) is 14.8 Å². The zero-order valence-corrected chi connectivity index (χ0v) is 13.7. The summed E-state index contributed by atoms with van der Waals surface area (Å²) >= 11 is 1.61. The van der Waals surface area contributed by atoms with Crippen LogP contribution < -0.4 is 4.74 Å². The maximum Gasteiger partial charge on any atom is 0.196 e. The second-order valence-electron chi connectivity index (χ2n) is 4.81. The van der Waals surface area contributed by atoms with Crippen molar-refractivity contribution in [2.45, 2.75) is 5.16 Å². The highest BCUT2D eigenvalue weighted by Crippen LogP contribution is 2.29. The van der Waals surface area contributed by atoms with Crippen molar-refractivity contribution >= 4 is 11.8 Å². The number of nitrogens with zero attached hydrogens (tertiary/aromatic N) is 3. The van der Waals surface area contributed by atoms with E-state index < -0.39 is 0 Å². The van der Waals surface area contributed by atoms with Crippen LogP contribution in [0.2, 0.25) is 0 Å². The predicted molar refractivity (Wildman–Crippen MR) is 94.3 cm³/mol. The summed E-state index contributed by atoms with van der Waals surface area (Å²) in [6, 6.07) is 17.9. The SMILES string of the molecule is C=CCSc1nnc(-c2cccc(OC)c2)n1-c1ccccc1. The number of methoxy groups -OCH3 is 1. The lowest BCUT2D eigenvalue weighted by Crippen LogP contribution is -1.99. The first kappa shape index (κ1) is 15.4. The molecule has 0 saturated carbocycles. The minimum absolute atomic E-state index is 0.781. The number of hydrogen-bond donors (Lipinski definition) is 0. The average Bonchev–Trinajstić information content (AvgIpc) is 3.04. The molecule has 0 amide bonds. The summed E-state index contributed by atoms with van der Waals surface area (Å²) in [4.78, 5) is 0. The van der Waals surface area contributed by atoms with E-state index in [1.54, 1.807) is 18.9 Å². The highest BCUT2D eigenvalue weighted by molar-refractivity contribution is 7.99. The fourth-order valence-corrected chi connectivity index (χ4v) is 2.94. The molecule has 0 aliphatic rings. The molecule has 23 heavy (non-hydrogen) atoms. The normalized spacial score (nSPS) is 10.5. The van der Waals surface area contributed by atoms with Crippen LogP contribution in [0.3, 0.4) is 0 Å². The first-order valence-corrected chi connectivity index (χ1v) is 8.21. The Hall–Kier alpha value is -2.53. The van der Waals surface area contributed by atoms with E-state index in [1.807, 2.05) is 60.7 Å². The van der Waals surface area contributed by atoms with Gasteiger partial charge in [0.1, 0.15) is 5.75 Å². The highest BCUT2D eigenvalue weighted by Gasteiger charge is 2.16. The van der Waals surface area contributed by atoms with Crippen molar-refractivity contribution < 1.29 is 4.74 Å². The summed E-state index contributed by atoms with van der Waals surface area (Å²) in [6.07, 6.45) is 1.86. The molecule has 0 radical (unpaired) electrons. The number of thioether (sulfide) groups is 1. The van der Waals surface area contributed by atoms with Crippen molar-refractivity contribution in [2.75, 3.05) is 12.9 Å². The van der Waals surface area contributed by atoms with Crippen LogP contribution in [0.25, 0.3) is 17.1 Å². The number of hydrogen-bond acceptors (Lipinski definition) is 4. The molecule has 0 saturated heterocycles. The average molecular weight is 323 g/mol. The third-order valence-corrected chi connectivity index (χ3v) is 4.23. The summed E-state index contributed by atoms with van der Waals surface area (Å²) in [7, 11) is 1.66. The van der Waals surface area contributed by atoms with Gasteiger partial charge in [-0.2, -0.15) is 0 Å². The lowest BCUT2D eigenvalue weighted by Gasteiger charge is -2.10. The third-order valence-electron chi connectivity index (χ3n) is 3.31. The molecule has 1 heterocycles. The molecule has 0 aliphatic heterocycles. The number of para-hydroxylation sites is 1. The van der Waals surface area contributed by atoms with E-state index in [0.717, 1.165) is 33.7 Å². The molecule has 0 unspecified atom stereocenters. The maximum atomic E-state index is 5.32. The molecule has 5 heteroatoms. The van der Waals surface area contributed by atoms with Gasteiger partial charge in [0.05, 0.1) is 7.11 Å². The Bertz CT molecular complexity index is 799. The molecule has 2 aromatic carbocycles. The van der Waals surface area contributed by atoms with Gasteiger partial charge < -0.3 is 4.74 Å². The summed E-state index contributed by atoms with van der Waals surface area (Å²) < 4.78 is 7.38. The molecular formula is C18H17N3OS. The Morgan fingerprint density at radius 3 is 2.70 bits per heavy atom. The van der Waals surface area contributed by atoms with Gasteiger partial charge in [0, 0.05) is 17.0 Å². The zero-order chi connectivity index (χ0) is 16.1. The van der Waals surface area contributed by atoms with Crippen molar-refractivity contribution in [2.24, 2.45) is 0 Å². The van der Waals surface area contributed by atoms with Crippen molar-refractivity contribution in [1.29, 1.82) is 0 Å². The molecule has 116 valence electrons. The second-order valence-corrected chi connectivity index (χ2v) is 5.80. The maximum absolute atomic E-state index is 5.32. The first-order chi connectivity index (χ1) is 11.3. The Balaban J connectivity index is 2.13. The van der Waals surface area contributed by atoms with Crippen LogP contribution in [-0.2, 0) is 0 Å². The Labute approximate surface area is 139 Å². The van der Waals surface area contributed by atoms with Gasteiger partial charge in [-0.15, -0.1) is 16.8 Å². The fourth-order valence-electron chi connectivity index (χ4n) is 2.26. The van der Waals surface area contributed by atoms with Gasteiger partial charge in [-0.1, -0.05) is 48.2 Å². The molecule has 0 N–H and O–H groups in total. The van der Waals surface area contributed by atoms with Crippen molar-refractivity contribution in [3.63, 3.8) is 0 Å². The Morgan fingerprint density at radius 1 is 1.13 bits per heavy atom. The van der Waals surface area contributed by atoms with Gasteiger partial charge in [0.25, 0.3) is 0 Å². The molecule has 0 atom stereocenters. The smallest absolute Gasteiger partial charge is 0.196 e. The standard InChI is InChI=1S/C18H17N3OS/c1-3-12-23-18-20-19-17(14-8-7-11-16(13-14)22-2)21(18)15-9-5-4-6-10-15/h3-11,13H,1,12H2,2H3. The van der Waals surface area contributed by atoms with E-state index in [-0.39, 0.29) is 0 Å². The number of ether oxygens (including phenoxy) is 1. The molecule has 3 rings (SSSR count). The van der Waals surface area contributed by atoms with E-state index in [4.69, 9.17) is 4.74 Å². The third kappa shape index (κ3) is 3.29. The minimum Gasteiger partial charge on any atom is -0.497 e. The van der Waals surface area contributed by atoms with Gasteiger partial charge in [0.15, 0.2) is 11.0 Å². The molecule has 1 aromatic heterocycles. The Kier molecular flexibility index (Phi) is 4.78. The largest absolute Gasteiger partial charge is 0.497 e. The van der Waals surface area contributed by atoms with Gasteiger partial charge in [0.2, 0.25) is 0 Å². The highest BCUT2D eigenvalue weighted by atomic mass is 32.2. The van der Waals surface area contributed by atoms with Gasteiger partial charge in [-0.05, 0) is 24.3 Å². The summed E-state index contributed by atoms with van der Waals surface area (Å²) in [5.41, 5.74) is 1.99. The van der Waals surface area contributed by atoms with E-state index in [2.05, 4.69) is 21.3 Å². The summed E-state index contributed by atoms with van der Waals surface area (Å²) in [6.45, 7) is 3.77. The van der Waals surface area contributed by atoms with Gasteiger partial charge >= 0.3 is 0 Å². The van der Waals surface area contributed by atoms with Crippen LogP contribution in [0.15, 0.2) is 72.4 Å². The molecule has 4 nitrogen and oxygen atoms in total. The van der Waals surface area contributed by atoms with Gasteiger partial charge in [-0.25, -0.2) is 0 Å². The number of benzene rings is 2. The second kappa shape index (κ2) is 7.15. The van der Waals surface area contributed by atoms with E-state index in [0.29, 0.717) is 0 Å². The fraction of sp³-hybridized carbons (Fsp3) is 0.111. The zero-order valence-electron chi connectivity index (χ0n) is 12.8. The van der Waals surface area contributed by atoms with Crippen LogP contribution in [0.1, 0.15) is 0 Å². The molecule has 3 aromatic rings. The van der Waals surface area contributed by atoms with E-state index in [1.165, 1.54) is 0 Å². The minimum atomic E-state index is 0.781. The summed E-state index contributed by atoms with van der Waals surface area (Å²) in [5.74, 6) is 2.37. The first-order valence-electron chi connectivity index (χ1n) is 7.22. The molecule has 0 fully saturated rings. The monoisotopic (exact) mass is 323 g/mol. The number of rotatable bonds is 6. The van der Waals surface area contributed by atoms with Gasteiger partial charge in [-0.3, -0.25) is 4.57 Å². The molecule has 0 spiro atoms. The van der Waals surface area contributed by atoms with Crippen LogP contribution in [0.5, 0.6) is 5.75 Å². The van der Waals surface area contributed by atoms with Crippen LogP contribution in [0, 0.1) is 0 Å². The van der Waals surface area contributed by atoms with Crippen LogP contribution in [-0.4, -0.2) is 27.6 Å². The molecule has 0 aliphatic carbocycles.